The zero-order chi connectivity index (χ0) is 13.5. The molecule has 19 heavy (non-hydrogen) atoms. The third kappa shape index (κ3) is 6.22. The van der Waals surface area contributed by atoms with Gasteiger partial charge in [0.15, 0.2) is 0 Å². The van der Waals surface area contributed by atoms with Crippen molar-refractivity contribution in [1.82, 2.24) is 10.6 Å². The van der Waals surface area contributed by atoms with Gasteiger partial charge in [0.2, 0.25) is 11.8 Å². The van der Waals surface area contributed by atoms with Gasteiger partial charge in [-0.3, -0.25) is 9.59 Å². The summed E-state index contributed by atoms with van der Waals surface area (Å²) in [5, 5.41) is 5.16. The van der Waals surface area contributed by atoms with Gasteiger partial charge < -0.3 is 16.4 Å². The highest BCUT2D eigenvalue weighted by Crippen LogP contribution is 2.09. The van der Waals surface area contributed by atoms with Crippen LogP contribution < -0.4 is 16.4 Å². The fourth-order valence-electron chi connectivity index (χ4n) is 1.55. The lowest BCUT2D eigenvalue weighted by atomic mass is 10.1. The smallest absolute Gasteiger partial charge is 0.239 e. The molecule has 0 unspecified atom stereocenters. The predicted molar refractivity (Wildman–Crippen MR) is 77.1 cm³/mol. The molecule has 4 N–H and O–H groups in total. The Morgan fingerprint density at radius 2 is 1.84 bits per heavy atom. The molecule has 0 saturated heterocycles. The minimum atomic E-state index is -0.336. The van der Waals surface area contributed by atoms with Gasteiger partial charge in [-0.25, -0.2) is 0 Å². The van der Waals surface area contributed by atoms with Crippen molar-refractivity contribution < 1.29 is 9.59 Å². The lowest BCUT2D eigenvalue weighted by molar-refractivity contribution is -0.125. The number of halogens is 1. The minimum absolute atomic E-state index is 0. The molecule has 0 heterocycles. The van der Waals surface area contributed by atoms with Gasteiger partial charge in [-0.05, 0) is 25.0 Å². The summed E-state index contributed by atoms with van der Waals surface area (Å²) in [7, 11) is 0. The predicted octanol–water partition coefficient (Wildman–Crippen LogP) is 0.416. The van der Waals surface area contributed by atoms with Crippen LogP contribution in [0.4, 0.5) is 0 Å². The van der Waals surface area contributed by atoms with Crippen molar-refractivity contribution in [2.75, 3.05) is 13.1 Å². The van der Waals surface area contributed by atoms with Crippen molar-refractivity contribution in [1.29, 1.82) is 0 Å². The first-order valence-corrected chi connectivity index (χ1v) is 5.82. The van der Waals surface area contributed by atoms with E-state index in [-0.39, 0.29) is 37.3 Å². The van der Waals surface area contributed by atoms with E-state index in [4.69, 9.17) is 5.73 Å². The Morgan fingerprint density at radius 1 is 1.16 bits per heavy atom. The molecule has 5 nitrogen and oxygen atoms in total. The Balaban J connectivity index is 0.00000324. The van der Waals surface area contributed by atoms with E-state index in [1.54, 1.807) is 0 Å². The molecule has 1 rings (SSSR count). The van der Waals surface area contributed by atoms with Crippen molar-refractivity contribution in [3.63, 3.8) is 0 Å². The van der Waals surface area contributed by atoms with Crippen molar-refractivity contribution >= 4 is 24.2 Å². The Hall–Kier alpha value is -1.59. The van der Waals surface area contributed by atoms with Crippen LogP contribution in [0.25, 0.3) is 0 Å². The molecule has 2 amide bonds. The van der Waals surface area contributed by atoms with Crippen LogP contribution in [-0.2, 0) is 16.1 Å². The maximum Gasteiger partial charge on any atom is 0.239 e. The Kier molecular flexibility index (Phi) is 7.79. The number of hydrogen-bond acceptors (Lipinski definition) is 3. The van der Waals surface area contributed by atoms with E-state index >= 15 is 0 Å². The van der Waals surface area contributed by atoms with Gasteiger partial charge in [0.1, 0.15) is 0 Å². The van der Waals surface area contributed by atoms with Crippen LogP contribution in [0.5, 0.6) is 0 Å². The van der Waals surface area contributed by atoms with Gasteiger partial charge in [-0.1, -0.05) is 23.8 Å². The summed E-state index contributed by atoms with van der Waals surface area (Å²) in [5.41, 5.74) is 8.51. The molecular weight excluding hydrogens is 266 g/mol. The van der Waals surface area contributed by atoms with E-state index in [1.165, 1.54) is 5.56 Å². The van der Waals surface area contributed by atoms with Crippen molar-refractivity contribution in [2.45, 2.75) is 20.4 Å². The zero-order valence-electron chi connectivity index (χ0n) is 11.2. The average Bonchev–Trinajstić information content (AvgIpc) is 2.34. The Morgan fingerprint density at radius 3 is 2.42 bits per heavy atom. The summed E-state index contributed by atoms with van der Waals surface area (Å²) in [6.07, 6.45) is 0. The number of aryl methyl sites for hydroxylation is 2. The molecule has 0 spiro atoms. The van der Waals surface area contributed by atoms with Crippen LogP contribution in [0.3, 0.4) is 0 Å². The molecule has 0 aliphatic heterocycles. The first kappa shape index (κ1) is 17.4. The van der Waals surface area contributed by atoms with Gasteiger partial charge in [-0.2, -0.15) is 0 Å². The molecule has 0 aromatic heterocycles. The highest BCUT2D eigenvalue weighted by molar-refractivity contribution is 5.85. The lowest BCUT2D eigenvalue weighted by Crippen LogP contribution is -2.39. The van der Waals surface area contributed by atoms with Crippen LogP contribution in [0.1, 0.15) is 16.7 Å². The summed E-state index contributed by atoms with van der Waals surface area (Å²) in [5.74, 6) is -0.562. The molecule has 1 aromatic carbocycles. The Labute approximate surface area is 119 Å². The van der Waals surface area contributed by atoms with E-state index < -0.39 is 0 Å². The first-order chi connectivity index (χ1) is 8.52. The number of amides is 2. The minimum Gasteiger partial charge on any atom is -0.350 e. The number of rotatable bonds is 5. The van der Waals surface area contributed by atoms with Crippen LogP contribution in [0, 0.1) is 13.8 Å². The molecule has 0 aliphatic carbocycles. The van der Waals surface area contributed by atoms with E-state index in [0.29, 0.717) is 6.54 Å². The number of nitrogens with two attached hydrogens (primary N) is 1. The maximum absolute atomic E-state index is 11.4. The average molecular weight is 286 g/mol. The molecule has 0 aliphatic rings. The first-order valence-electron chi connectivity index (χ1n) is 5.82. The molecule has 106 valence electrons. The summed E-state index contributed by atoms with van der Waals surface area (Å²) < 4.78 is 0. The van der Waals surface area contributed by atoms with Crippen LogP contribution in [0.15, 0.2) is 18.2 Å². The third-order valence-corrected chi connectivity index (χ3v) is 2.61. The third-order valence-electron chi connectivity index (χ3n) is 2.61. The summed E-state index contributed by atoms with van der Waals surface area (Å²) in [6.45, 7) is 4.34. The van der Waals surface area contributed by atoms with Crippen LogP contribution >= 0.6 is 12.4 Å². The van der Waals surface area contributed by atoms with Gasteiger partial charge in [0.05, 0.1) is 13.1 Å². The monoisotopic (exact) mass is 285 g/mol. The van der Waals surface area contributed by atoms with Crippen LogP contribution in [0.2, 0.25) is 0 Å². The topological polar surface area (TPSA) is 84.2 Å². The van der Waals surface area contributed by atoms with Crippen molar-refractivity contribution in [3.05, 3.63) is 34.9 Å². The largest absolute Gasteiger partial charge is 0.350 e. The quantitative estimate of drug-likeness (QED) is 0.733. The second-order valence-corrected chi connectivity index (χ2v) is 4.19. The summed E-state index contributed by atoms with van der Waals surface area (Å²) >= 11 is 0. The van der Waals surface area contributed by atoms with Crippen LogP contribution in [-0.4, -0.2) is 24.9 Å². The van der Waals surface area contributed by atoms with Crippen molar-refractivity contribution in [3.8, 4) is 0 Å². The molecule has 0 radical (unpaired) electrons. The number of hydrogen-bond donors (Lipinski definition) is 3. The molecule has 6 heteroatoms. The number of carbonyl (C=O) groups excluding carboxylic acids is 2. The van der Waals surface area contributed by atoms with E-state index in [9.17, 15) is 9.59 Å². The van der Waals surface area contributed by atoms with E-state index in [0.717, 1.165) is 11.1 Å². The zero-order valence-corrected chi connectivity index (χ0v) is 12.0. The molecule has 0 atom stereocenters. The maximum atomic E-state index is 11.4. The fourth-order valence-corrected chi connectivity index (χ4v) is 1.55. The molecule has 0 bridgehead atoms. The van der Waals surface area contributed by atoms with Gasteiger partial charge >= 0.3 is 0 Å². The van der Waals surface area contributed by atoms with Gasteiger partial charge in [0.25, 0.3) is 0 Å². The lowest BCUT2D eigenvalue weighted by Gasteiger charge is -2.09. The number of nitrogens with one attached hydrogen (secondary N) is 2. The molecule has 1 aromatic rings. The molecule has 0 fully saturated rings. The summed E-state index contributed by atoms with van der Waals surface area (Å²) in [4.78, 5) is 22.3. The standard InChI is InChI=1S/C13H19N3O2.ClH/c1-9-3-4-11(10(2)5-9)7-15-13(18)8-16-12(17)6-14;/h3-5H,6-8,14H2,1-2H3,(H,15,18)(H,16,17);1H. The number of benzene rings is 1. The second-order valence-electron chi connectivity index (χ2n) is 4.19. The Bertz CT molecular complexity index is 450. The fraction of sp³-hybridized carbons (Fsp3) is 0.385. The van der Waals surface area contributed by atoms with E-state index in [1.807, 2.05) is 26.0 Å². The van der Waals surface area contributed by atoms with E-state index in [2.05, 4.69) is 16.7 Å². The van der Waals surface area contributed by atoms with Gasteiger partial charge in [0, 0.05) is 6.54 Å². The molecular formula is C13H20ClN3O2. The van der Waals surface area contributed by atoms with Crippen molar-refractivity contribution in [2.24, 2.45) is 5.73 Å². The SMILES string of the molecule is Cc1ccc(CNC(=O)CNC(=O)CN)c(C)c1.Cl. The summed E-state index contributed by atoms with van der Waals surface area (Å²) in [6, 6.07) is 6.06. The number of carbonyl (C=O) groups is 2. The van der Waals surface area contributed by atoms with Gasteiger partial charge in [-0.15, -0.1) is 12.4 Å². The molecule has 0 saturated carbocycles. The highest BCUT2D eigenvalue weighted by atomic mass is 35.5. The highest BCUT2D eigenvalue weighted by Gasteiger charge is 2.04. The second kappa shape index (κ2) is 8.50. The normalized spacial score (nSPS) is 9.42.